The van der Waals surface area contributed by atoms with Crippen LogP contribution in [0.15, 0.2) is 42.5 Å². The van der Waals surface area contributed by atoms with Crippen LogP contribution in [0, 0.1) is 13.8 Å². The Balaban J connectivity index is 1.67. The number of nitrogens with zero attached hydrogens (tertiary/aromatic N) is 1. The SMILES string of the molecule is Cc1ccc(C(=O)NCc2ccccc2CN2CCCC2=O)cc1C. The molecular formula is C21H24N2O2. The molecule has 1 aliphatic rings. The van der Waals surface area contributed by atoms with Crippen LogP contribution < -0.4 is 5.32 Å². The summed E-state index contributed by atoms with van der Waals surface area (Å²) in [6.07, 6.45) is 1.58. The van der Waals surface area contributed by atoms with Crippen LogP contribution in [0.3, 0.4) is 0 Å². The standard InChI is InChI=1S/C21H24N2O2/c1-15-9-10-17(12-16(15)2)21(25)22-13-18-6-3-4-7-19(18)14-23-11-5-8-20(23)24/h3-4,6-7,9-10,12H,5,8,11,13-14H2,1-2H3,(H,22,25). The van der Waals surface area contributed by atoms with Crippen molar-refractivity contribution >= 4 is 11.8 Å². The molecule has 0 atom stereocenters. The number of carbonyl (C=O) groups is 2. The van der Waals surface area contributed by atoms with E-state index in [1.165, 1.54) is 5.56 Å². The lowest BCUT2D eigenvalue weighted by atomic mass is 10.0. The number of amides is 2. The summed E-state index contributed by atoms with van der Waals surface area (Å²) in [4.78, 5) is 26.2. The van der Waals surface area contributed by atoms with Crippen LogP contribution in [0.2, 0.25) is 0 Å². The number of hydrogen-bond donors (Lipinski definition) is 1. The van der Waals surface area contributed by atoms with E-state index in [-0.39, 0.29) is 11.8 Å². The molecule has 0 radical (unpaired) electrons. The van der Waals surface area contributed by atoms with E-state index in [4.69, 9.17) is 0 Å². The average molecular weight is 336 g/mol. The van der Waals surface area contributed by atoms with Crippen LogP contribution in [0.5, 0.6) is 0 Å². The zero-order valence-electron chi connectivity index (χ0n) is 14.8. The number of likely N-dealkylation sites (tertiary alicyclic amines) is 1. The first-order valence-corrected chi connectivity index (χ1v) is 8.74. The van der Waals surface area contributed by atoms with Crippen LogP contribution in [0.4, 0.5) is 0 Å². The normalized spacial score (nSPS) is 14.0. The summed E-state index contributed by atoms with van der Waals surface area (Å²) < 4.78 is 0. The third-order valence-electron chi connectivity index (χ3n) is 4.86. The first-order chi connectivity index (χ1) is 12.0. The Morgan fingerprint density at radius 3 is 2.52 bits per heavy atom. The van der Waals surface area contributed by atoms with Crippen LogP contribution in [0.1, 0.15) is 45.5 Å². The molecule has 0 bridgehead atoms. The molecule has 1 saturated heterocycles. The average Bonchev–Trinajstić information content (AvgIpc) is 3.01. The molecular weight excluding hydrogens is 312 g/mol. The first kappa shape index (κ1) is 17.2. The van der Waals surface area contributed by atoms with Gasteiger partial charge in [-0.1, -0.05) is 30.3 Å². The van der Waals surface area contributed by atoms with Crippen molar-refractivity contribution in [2.45, 2.75) is 39.8 Å². The lowest BCUT2D eigenvalue weighted by Gasteiger charge is -2.18. The van der Waals surface area contributed by atoms with Gasteiger partial charge >= 0.3 is 0 Å². The molecule has 2 amide bonds. The van der Waals surface area contributed by atoms with Crippen molar-refractivity contribution in [3.8, 4) is 0 Å². The molecule has 130 valence electrons. The minimum atomic E-state index is -0.0739. The van der Waals surface area contributed by atoms with Gasteiger partial charge in [-0.05, 0) is 54.7 Å². The monoisotopic (exact) mass is 336 g/mol. The highest BCUT2D eigenvalue weighted by atomic mass is 16.2. The van der Waals surface area contributed by atoms with Gasteiger partial charge in [-0.2, -0.15) is 0 Å². The Hall–Kier alpha value is -2.62. The number of nitrogens with one attached hydrogen (secondary N) is 1. The number of aryl methyl sites for hydroxylation is 2. The maximum atomic E-state index is 12.4. The van der Waals surface area contributed by atoms with Crippen molar-refractivity contribution in [3.63, 3.8) is 0 Å². The molecule has 1 aliphatic heterocycles. The summed E-state index contributed by atoms with van der Waals surface area (Å²) in [6, 6.07) is 13.7. The van der Waals surface area contributed by atoms with Gasteiger partial charge in [0.25, 0.3) is 5.91 Å². The first-order valence-electron chi connectivity index (χ1n) is 8.74. The van der Waals surface area contributed by atoms with E-state index >= 15 is 0 Å². The fourth-order valence-electron chi connectivity index (χ4n) is 3.12. The topological polar surface area (TPSA) is 49.4 Å². The van der Waals surface area contributed by atoms with Gasteiger partial charge in [0, 0.05) is 31.6 Å². The molecule has 0 aliphatic carbocycles. The molecule has 0 aromatic heterocycles. The summed E-state index contributed by atoms with van der Waals surface area (Å²) in [5.74, 6) is 0.143. The van der Waals surface area contributed by atoms with E-state index in [2.05, 4.69) is 5.32 Å². The zero-order chi connectivity index (χ0) is 17.8. The molecule has 1 heterocycles. The van der Waals surface area contributed by atoms with Crippen molar-refractivity contribution < 1.29 is 9.59 Å². The highest BCUT2D eigenvalue weighted by Crippen LogP contribution is 2.17. The van der Waals surface area contributed by atoms with Crippen LogP contribution in [-0.2, 0) is 17.9 Å². The summed E-state index contributed by atoms with van der Waals surface area (Å²) in [6.45, 7) is 5.95. The van der Waals surface area contributed by atoms with E-state index in [1.54, 1.807) is 0 Å². The smallest absolute Gasteiger partial charge is 0.251 e. The van der Waals surface area contributed by atoms with Gasteiger partial charge in [0.15, 0.2) is 0 Å². The molecule has 1 N–H and O–H groups in total. The third kappa shape index (κ3) is 4.08. The van der Waals surface area contributed by atoms with E-state index in [9.17, 15) is 9.59 Å². The van der Waals surface area contributed by atoms with Crippen molar-refractivity contribution in [2.75, 3.05) is 6.54 Å². The Bertz CT molecular complexity index is 798. The fourth-order valence-corrected chi connectivity index (χ4v) is 3.12. The van der Waals surface area contributed by atoms with Crippen LogP contribution in [0.25, 0.3) is 0 Å². The molecule has 2 aromatic rings. The molecule has 4 nitrogen and oxygen atoms in total. The van der Waals surface area contributed by atoms with Gasteiger partial charge in [-0.3, -0.25) is 9.59 Å². The minimum Gasteiger partial charge on any atom is -0.348 e. The zero-order valence-corrected chi connectivity index (χ0v) is 14.8. The maximum absolute atomic E-state index is 12.4. The minimum absolute atomic E-state index is 0.0739. The number of rotatable bonds is 5. The van der Waals surface area contributed by atoms with Crippen molar-refractivity contribution in [3.05, 3.63) is 70.3 Å². The summed E-state index contributed by atoms with van der Waals surface area (Å²) in [5, 5.41) is 3.00. The Morgan fingerprint density at radius 2 is 1.84 bits per heavy atom. The van der Waals surface area contributed by atoms with Gasteiger partial charge in [0.1, 0.15) is 0 Å². The van der Waals surface area contributed by atoms with Gasteiger partial charge in [-0.25, -0.2) is 0 Å². The number of hydrogen-bond acceptors (Lipinski definition) is 2. The van der Waals surface area contributed by atoms with Crippen molar-refractivity contribution in [1.29, 1.82) is 0 Å². The lowest BCUT2D eigenvalue weighted by molar-refractivity contribution is -0.128. The Kier molecular flexibility index (Phi) is 5.17. The van der Waals surface area contributed by atoms with Crippen molar-refractivity contribution in [2.24, 2.45) is 0 Å². The van der Waals surface area contributed by atoms with Crippen LogP contribution in [-0.4, -0.2) is 23.3 Å². The van der Waals surface area contributed by atoms with Crippen molar-refractivity contribution in [1.82, 2.24) is 10.2 Å². The summed E-state index contributed by atoms with van der Waals surface area (Å²) in [5.41, 5.74) is 5.12. The van der Waals surface area contributed by atoms with Gasteiger partial charge in [0.2, 0.25) is 5.91 Å². The predicted octanol–water partition coefficient (Wildman–Crippen LogP) is 3.36. The lowest BCUT2D eigenvalue weighted by Crippen LogP contribution is -2.26. The second kappa shape index (κ2) is 7.51. The fraction of sp³-hybridized carbons (Fsp3) is 0.333. The largest absolute Gasteiger partial charge is 0.348 e. The summed E-state index contributed by atoms with van der Waals surface area (Å²) in [7, 11) is 0. The maximum Gasteiger partial charge on any atom is 0.251 e. The molecule has 0 saturated carbocycles. The second-order valence-electron chi connectivity index (χ2n) is 6.67. The Labute approximate surface area is 148 Å². The number of benzene rings is 2. The molecule has 1 fully saturated rings. The van der Waals surface area contributed by atoms with Crippen LogP contribution >= 0.6 is 0 Å². The Morgan fingerprint density at radius 1 is 1.08 bits per heavy atom. The predicted molar refractivity (Wildman–Crippen MR) is 98.2 cm³/mol. The second-order valence-corrected chi connectivity index (χ2v) is 6.67. The molecule has 0 spiro atoms. The van der Waals surface area contributed by atoms with Gasteiger partial charge in [-0.15, -0.1) is 0 Å². The highest BCUT2D eigenvalue weighted by Gasteiger charge is 2.21. The van der Waals surface area contributed by atoms with E-state index in [1.807, 2.05) is 61.2 Å². The van der Waals surface area contributed by atoms with E-state index in [0.29, 0.717) is 25.1 Å². The van der Waals surface area contributed by atoms with E-state index in [0.717, 1.165) is 29.7 Å². The summed E-state index contributed by atoms with van der Waals surface area (Å²) >= 11 is 0. The van der Waals surface area contributed by atoms with E-state index < -0.39 is 0 Å². The molecule has 25 heavy (non-hydrogen) atoms. The van der Waals surface area contributed by atoms with Gasteiger partial charge < -0.3 is 10.2 Å². The third-order valence-corrected chi connectivity index (χ3v) is 4.86. The molecule has 0 unspecified atom stereocenters. The number of carbonyl (C=O) groups excluding carboxylic acids is 2. The molecule has 4 heteroatoms. The molecule has 3 rings (SSSR count). The highest BCUT2D eigenvalue weighted by molar-refractivity contribution is 5.94. The molecule has 2 aromatic carbocycles. The van der Waals surface area contributed by atoms with Gasteiger partial charge in [0.05, 0.1) is 0 Å². The quantitative estimate of drug-likeness (QED) is 0.910.